The lowest BCUT2D eigenvalue weighted by Gasteiger charge is -2.06. The average Bonchev–Trinajstić information content (AvgIpc) is 2.70. The molecule has 1 amide bonds. The monoisotopic (exact) mass is 359 g/mol. The van der Waals surface area contributed by atoms with Gasteiger partial charge in [0.15, 0.2) is 0 Å². The van der Waals surface area contributed by atoms with Crippen LogP contribution >= 0.6 is 0 Å². The summed E-state index contributed by atoms with van der Waals surface area (Å²) in [5.74, 6) is -0.318. The van der Waals surface area contributed by atoms with Crippen molar-refractivity contribution in [2.24, 2.45) is 5.10 Å². The lowest BCUT2D eigenvalue weighted by molar-refractivity contribution is 0.0733. The molecule has 0 fully saturated rings. The molecule has 1 heterocycles. The van der Waals surface area contributed by atoms with Crippen molar-refractivity contribution in [3.05, 3.63) is 95.3 Å². The van der Waals surface area contributed by atoms with Gasteiger partial charge in [0.1, 0.15) is 5.75 Å². The van der Waals surface area contributed by atoms with E-state index in [1.54, 1.807) is 54.7 Å². The third-order valence-electron chi connectivity index (χ3n) is 3.76. The molecule has 3 aromatic rings. The molecule has 1 N–H and O–H groups in total. The van der Waals surface area contributed by atoms with Crippen LogP contribution in [-0.4, -0.2) is 23.1 Å². The number of esters is 1. The third kappa shape index (κ3) is 4.85. The van der Waals surface area contributed by atoms with Gasteiger partial charge >= 0.3 is 5.97 Å². The van der Waals surface area contributed by atoms with Crippen LogP contribution in [0.5, 0.6) is 5.75 Å². The van der Waals surface area contributed by atoms with Gasteiger partial charge in [0, 0.05) is 12.4 Å². The summed E-state index contributed by atoms with van der Waals surface area (Å²) in [7, 11) is 0. The van der Waals surface area contributed by atoms with Gasteiger partial charge < -0.3 is 4.74 Å². The third-order valence-corrected chi connectivity index (χ3v) is 3.76. The van der Waals surface area contributed by atoms with E-state index in [-0.39, 0.29) is 5.91 Å². The minimum absolute atomic E-state index is 0.344. The van der Waals surface area contributed by atoms with Crippen molar-refractivity contribution in [3.63, 3.8) is 0 Å². The molecule has 0 radical (unpaired) electrons. The second-order valence-corrected chi connectivity index (χ2v) is 5.71. The second kappa shape index (κ2) is 8.53. The van der Waals surface area contributed by atoms with Crippen LogP contribution in [0.2, 0.25) is 0 Å². The first-order valence-electron chi connectivity index (χ1n) is 8.25. The number of pyridine rings is 1. The number of benzene rings is 2. The van der Waals surface area contributed by atoms with Crippen molar-refractivity contribution in [3.8, 4) is 5.75 Å². The normalized spacial score (nSPS) is 10.6. The van der Waals surface area contributed by atoms with Gasteiger partial charge in [-0.15, -0.1) is 0 Å². The average molecular weight is 359 g/mol. The number of aromatic nitrogens is 1. The smallest absolute Gasteiger partial charge is 0.343 e. The Morgan fingerprint density at radius 1 is 1.04 bits per heavy atom. The molecular formula is C21H17N3O3. The minimum atomic E-state index is -0.404. The van der Waals surface area contributed by atoms with Gasteiger partial charge in [-0.1, -0.05) is 18.2 Å². The summed E-state index contributed by atoms with van der Waals surface area (Å²) in [6.45, 7) is 1.86. The quantitative estimate of drug-likeness (QED) is 0.328. The molecule has 27 heavy (non-hydrogen) atoms. The highest BCUT2D eigenvalue weighted by molar-refractivity contribution is 5.94. The number of ether oxygens (including phenoxy) is 1. The highest BCUT2D eigenvalue weighted by atomic mass is 16.5. The van der Waals surface area contributed by atoms with Gasteiger partial charge in [-0.25, -0.2) is 10.2 Å². The molecule has 0 atom stereocenters. The van der Waals surface area contributed by atoms with E-state index in [9.17, 15) is 9.59 Å². The number of hydrogen-bond acceptors (Lipinski definition) is 5. The van der Waals surface area contributed by atoms with Crippen LogP contribution < -0.4 is 10.2 Å². The lowest BCUT2D eigenvalue weighted by atomic mass is 10.1. The van der Waals surface area contributed by atoms with Crippen LogP contribution in [0.25, 0.3) is 0 Å². The van der Waals surface area contributed by atoms with E-state index >= 15 is 0 Å². The molecule has 0 spiro atoms. The maximum atomic E-state index is 12.2. The van der Waals surface area contributed by atoms with Gasteiger partial charge in [-0.3, -0.25) is 9.78 Å². The van der Waals surface area contributed by atoms with Gasteiger partial charge in [-0.05, 0) is 60.5 Å². The fourth-order valence-electron chi connectivity index (χ4n) is 2.31. The van der Waals surface area contributed by atoms with Crippen LogP contribution in [0, 0.1) is 6.92 Å². The van der Waals surface area contributed by atoms with Crippen molar-refractivity contribution in [1.29, 1.82) is 0 Å². The number of rotatable bonds is 5. The number of carbonyl (C=O) groups excluding carboxylic acids is 2. The van der Waals surface area contributed by atoms with E-state index in [1.807, 2.05) is 19.1 Å². The van der Waals surface area contributed by atoms with E-state index < -0.39 is 5.97 Å². The van der Waals surface area contributed by atoms with Crippen molar-refractivity contribution in [2.45, 2.75) is 6.92 Å². The van der Waals surface area contributed by atoms with Crippen molar-refractivity contribution < 1.29 is 14.3 Å². The first-order chi connectivity index (χ1) is 13.1. The molecule has 0 aliphatic rings. The van der Waals surface area contributed by atoms with Crippen molar-refractivity contribution >= 4 is 18.1 Å². The summed E-state index contributed by atoms with van der Waals surface area (Å²) < 4.78 is 5.38. The molecule has 6 heteroatoms. The lowest BCUT2D eigenvalue weighted by Crippen LogP contribution is -2.17. The predicted octanol–water partition coefficient (Wildman–Crippen LogP) is 3.37. The van der Waals surface area contributed by atoms with E-state index in [4.69, 9.17) is 4.74 Å². The van der Waals surface area contributed by atoms with Gasteiger partial charge in [0.25, 0.3) is 5.91 Å². The van der Waals surface area contributed by atoms with Gasteiger partial charge in [-0.2, -0.15) is 5.10 Å². The molecule has 3 rings (SSSR count). The Bertz CT molecular complexity index is 967. The summed E-state index contributed by atoms with van der Waals surface area (Å²) in [6, 6.07) is 17.4. The second-order valence-electron chi connectivity index (χ2n) is 5.71. The molecule has 0 saturated heterocycles. The number of amides is 1. The molecule has 0 saturated carbocycles. The molecule has 134 valence electrons. The highest BCUT2D eigenvalue weighted by Gasteiger charge is 2.10. The number of hydrogen-bond donors (Lipinski definition) is 1. The standard InChI is InChI=1S/C21H17N3O3/c1-15-5-2-3-7-19(15)21(26)27-18-10-8-16(9-11-18)13-23-24-20(25)17-6-4-12-22-14-17/h2-14H,1H3,(H,24,25)/b23-13+. The maximum absolute atomic E-state index is 12.2. The molecule has 0 bridgehead atoms. The maximum Gasteiger partial charge on any atom is 0.343 e. The van der Waals surface area contributed by atoms with Crippen molar-refractivity contribution in [2.75, 3.05) is 0 Å². The number of aryl methyl sites for hydroxylation is 1. The summed E-state index contributed by atoms with van der Waals surface area (Å²) >= 11 is 0. The zero-order valence-electron chi connectivity index (χ0n) is 14.6. The van der Waals surface area contributed by atoms with Crippen molar-refractivity contribution in [1.82, 2.24) is 10.4 Å². The van der Waals surface area contributed by atoms with E-state index in [0.717, 1.165) is 11.1 Å². The fraction of sp³-hybridized carbons (Fsp3) is 0.0476. The predicted molar refractivity (Wildman–Crippen MR) is 102 cm³/mol. The largest absolute Gasteiger partial charge is 0.423 e. The number of nitrogens with zero attached hydrogens (tertiary/aromatic N) is 2. The van der Waals surface area contributed by atoms with E-state index in [1.165, 1.54) is 12.4 Å². The minimum Gasteiger partial charge on any atom is -0.423 e. The number of carbonyl (C=O) groups is 2. The van der Waals surface area contributed by atoms with Crippen LogP contribution in [0.1, 0.15) is 31.8 Å². The van der Waals surface area contributed by atoms with Gasteiger partial charge in [0.05, 0.1) is 17.3 Å². The van der Waals surface area contributed by atoms with E-state index in [0.29, 0.717) is 16.9 Å². The molecule has 0 unspecified atom stereocenters. The van der Waals surface area contributed by atoms with Gasteiger partial charge in [0.2, 0.25) is 0 Å². The number of nitrogens with one attached hydrogen (secondary N) is 1. The fourth-order valence-corrected chi connectivity index (χ4v) is 2.31. The SMILES string of the molecule is Cc1ccccc1C(=O)Oc1ccc(/C=N/NC(=O)c2cccnc2)cc1. The van der Waals surface area contributed by atoms with E-state index in [2.05, 4.69) is 15.5 Å². The Morgan fingerprint density at radius 3 is 2.52 bits per heavy atom. The summed E-state index contributed by atoms with van der Waals surface area (Å²) in [6.07, 6.45) is 4.55. The molecule has 6 nitrogen and oxygen atoms in total. The molecule has 0 aliphatic heterocycles. The first-order valence-corrected chi connectivity index (χ1v) is 8.25. The first kappa shape index (κ1) is 18.0. The Labute approximate surface area is 156 Å². The zero-order valence-corrected chi connectivity index (χ0v) is 14.6. The van der Waals surface area contributed by atoms with Crippen LogP contribution in [0.4, 0.5) is 0 Å². The number of hydrazone groups is 1. The highest BCUT2D eigenvalue weighted by Crippen LogP contribution is 2.15. The van der Waals surface area contributed by atoms with Crippen LogP contribution in [-0.2, 0) is 0 Å². The molecule has 0 aliphatic carbocycles. The Morgan fingerprint density at radius 2 is 1.81 bits per heavy atom. The summed E-state index contributed by atoms with van der Waals surface area (Å²) in [4.78, 5) is 27.9. The van der Waals surface area contributed by atoms with Crippen LogP contribution in [0.3, 0.4) is 0 Å². The summed E-state index contributed by atoms with van der Waals surface area (Å²) in [5.41, 5.74) is 4.98. The molecule has 1 aromatic heterocycles. The summed E-state index contributed by atoms with van der Waals surface area (Å²) in [5, 5.41) is 3.91. The zero-order chi connectivity index (χ0) is 19.1. The molecule has 2 aromatic carbocycles. The molecular weight excluding hydrogens is 342 g/mol. The topological polar surface area (TPSA) is 80.6 Å². The van der Waals surface area contributed by atoms with Crippen LogP contribution in [0.15, 0.2) is 78.2 Å². The Balaban J connectivity index is 1.58. The Hall–Kier alpha value is -3.80. The Kier molecular flexibility index (Phi) is 5.69.